The van der Waals surface area contributed by atoms with E-state index in [0.29, 0.717) is 25.0 Å². The highest BCUT2D eigenvalue weighted by atomic mass is 32.2. The number of nitrogen functional groups attached to an aromatic ring is 1. The van der Waals surface area contributed by atoms with E-state index in [1.54, 1.807) is 12.1 Å². The standard InChI is InChI=1S/C19H27N5O6S/c1-3-4-9-22-16(20)15(17(25)21-19(22)27)23(12-13-7-6-11-30-13)18(26)14-8-5-10-24(14)31(2,28)29/h6-7,11,14H,3-5,8-10,12,20H2,1-2H3,(H,21,25,27). The van der Waals surface area contributed by atoms with Crippen LogP contribution in [0.5, 0.6) is 0 Å². The van der Waals surface area contributed by atoms with E-state index in [9.17, 15) is 22.8 Å². The lowest BCUT2D eigenvalue weighted by atomic mass is 10.2. The first-order valence-corrected chi connectivity index (χ1v) is 11.9. The molecule has 1 fully saturated rings. The third-order valence-corrected chi connectivity index (χ3v) is 6.58. The van der Waals surface area contributed by atoms with Crippen molar-refractivity contribution in [3.8, 4) is 0 Å². The maximum absolute atomic E-state index is 13.5. The molecule has 170 valence electrons. The van der Waals surface area contributed by atoms with Crippen molar-refractivity contribution in [3.05, 3.63) is 45.0 Å². The first-order valence-electron chi connectivity index (χ1n) is 10.1. The number of rotatable bonds is 8. The summed E-state index contributed by atoms with van der Waals surface area (Å²) < 4.78 is 32.0. The number of hydrogen-bond acceptors (Lipinski definition) is 7. The van der Waals surface area contributed by atoms with Crippen LogP contribution in [0.4, 0.5) is 11.5 Å². The van der Waals surface area contributed by atoms with Crippen LogP contribution >= 0.6 is 0 Å². The molecule has 0 radical (unpaired) electrons. The van der Waals surface area contributed by atoms with Gasteiger partial charge in [-0.25, -0.2) is 13.2 Å². The number of nitrogens with zero attached hydrogens (tertiary/aromatic N) is 3. The molecule has 0 aromatic carbocycles. The van der Waals surface area contributed by atoms with Crippen LogP contribution in [-0.2, 0) is 27.9 Å². The molecule has 1 unspecified atom stereocenters. The maximum Gasteiger partial charge on any atom is 0.330 e. The molecule has 1 atom stereocenters. The SMILES string of the molecule is CCCCn1c(N)c(N(Cc2ccco2)C(=O)C2CCCN2S(C)(=O)=O)c(=O)[nH]c1=O. The zero-order chi connectivity index (χ0) is 22.8. The van der Waals surface area contributed by atoms with E-state index < -0.39 is 33.2 Å². The number of anilines is 2. The summed E-state index contributed by atoms with van der Waals surface area (Å²) in [6, 6.07) is 2.28. The largest absolute Gasteiger partial charge is 0.467 e. The van der Waals surface area contributed by atoms with Crippen molar-refractivity contribution in [3.63, 3.8) is 0 Å². The zero-order valence-electron chi connectivity index (χ0n) is 17.5. The van der Waals surface area contributed by atoms with Crippen molar-refractivity contribution in [1.29, 1.82) is 0 Å². The predicted octanol–water partition coefficient (Wildman–Crippen LogP) is 0.469. The van der Waals surface area contributed by atoms with E-state index in [0.717, 1.165) is 21.9 Å². The molecule has 3 rings (SSSR count). The average molecular weight is 454 g/mol. The van der Waals surface area contributed by atoms with Gasteiger partial charge in [-0.1, -0.05) is 13.3 Å². The van der Waals surface area contributed by atoms with Crippen LogP contribution in [0, 0.1) is 0 Å². The minimum atomic E-state index is -3.63. The number of hydrogen-bond donors (Lipinski definition) is 2. The molecule has 0 bridgehead atoms. The highest BCUT2D eigenvalue weighted by Crippen LogP contribution is 2.27. The van der Waals surface area contributed by atoms with Gasteiger partial charge in [0.2, 0.25) is 15.9 Å². The van der Waals surface area contributed by atoms with Crippen molar-refractivity contribution in [2.45, 2.75) is 51.7 Å². The van der Waals surface area contributed by atoms with Gasteiger partial charge in [0.25, 0.3) is 5.56 Å². The molecule has 11 nitrogen and oxygen atoms in total. The summed E-state index contributed by atoms with van der Waals surface area (Å²) in [5.74, 6) is -0.370. The third-order valence-electron chi connectivity index (χ3n) is 5.29. The molecule has 1 amide bonds. The van der Waals surface area contributed by atoms with Crippen molar-refractivity contribution < 1.29 is 17.6 Å². The summed E-state index contributed by atoms with van der Waals surface area (Å²) in [5.41, 5.74) is 4.52. The second-order valence-electron chi connectivity index (χ2n) is 7.53. The quantitative estimate of drug-likeness (QED) is 0.589. The molecule has 1 aliphatic heterocycles. The highest BCUT2D eigenvalue weighted by molar-refractivity contribution is 7.88. The summed E-state index contributed by atoms with van der Waals surface area (Å²) in [6.07, 6.45) is 4.73. The smallest absolute Gasteiger partial charge is 0.330 e. The van der Waals surface area contributed by atoms with Crippen LogP contribution < -0.4 is 21.9 Å². The minimum absolute atomic E-state index is 0.140. The Bertz CT molecular complexity index is 1150. The molecule has 2 aromatic rings. The van der Waals surface area contributed by atoms with E-state index in [1.165, 1.54) is 10.8 Å². The fraction of sp³-hybridized carbons (Fsp3) is 0.526. The van der Waals surface area contributed by atoms with Gasteiger partial charge in [-0.3, -0.25) is 24.0 Å². The van der Waals surface area contributed by atoms with Crippen LogP contribution in [0.25, 0.3) is 0 Å². The normalized spacial score (nSPS) is 17.2. The molecule has 2 aromatic heterocycles. The predicted molar refractivity (Wildman–Crippen MR) is 115 cm³/mol. The van der Waals surface area contributed by atoms with Gasteiger partial charge in [-0.05, 0) is 31.4 Å². The topological polar surface area (TPSA) is 152 Å². The van der Waals surface area contributed by atoms with Gasteiger partial charge >= 0.3 is 5.69 Å². The first kappa shape index (κ1) is 22.8. The lowest BCUT2D eigenvalue weighted by Crippen LogP contribution is -2.49. The second kappa shape index (κ2) is 9.10. The van der Waals surface area contributed by atoms with Crippen molar-refractivity contribution >= 4 is 27.4 Å². The fourth-order valence-electron chi connectivity index (χ4n) is 3.77. The lowest BCUT2D eigenvalue weighted by Gasteiger charge is -2.29. The van der Waals surface area contributed by atoms with Gasteiger partial charge in [0, 0.05) is 13.1 Å². The Hall–Kier alpha value is -2.86. The molecule has 1 saturated heterocycles. The molecule has 3 heterocycles. The van der Waals surface area contributed by atoms with Crippen LogP contribution in [0.15, 0.2) is 32.4 Å². The van der Waals surface area contributed by atoms with Crippen molar-refractivity contribution in [2.75, 3.05) is 23.4 Å². The minimum Gasteiger partial charge on any atom is -0.467 e. The van der Waals surface area contributed by atoms with E-state index in [1.807, 2.05) is 6.92 Å². The molecule has 3 N–H and O–H groups in total. The molecule has 31 heavy (non-hydrogen) atoms. The number of furan rings is 1. The number of carbonyl (C=O) groups is 1. The monoisotopic (exact) mass is 453 g/mol. The molecule has 12 heteroatoms. The third kappa shape index (κ3) is 4.74. The Morgan fingerprint density at radius 1 is 1.39 bits per heavy atom. The molecule has 0 spiro atoms. The summed E-state index contributed by atoms with van der Waals surface area (Å²) in [6.45, 7) is 2.29. The van der Waals surface area contributed by atoms with E-state index in [4.69, 9.17) is 10.2 Å². The van der Waals surface area contributed by atoms with Crippen LogP contribution in [-0.4, -0.2) is 47.0 Å². The van der Waals surface area contributed by atoms with Crippen molar-refractivity contribution in [1.82, 2.24) is 13.9 Å². The zero-order valence-corrected chi connectivity index (χ0v) is 18.4. The van der Waals surface area contributed by atoms with E-state index >= 15 is 0 Å². The molecule has 0 saturated carbocycles. The van der Waals surface area contributed by atoms with Crippen LogP contribution in [0.1, 0.15) is 38.4 Å². The summed E-state index contributed by atoms with van der Waals surface area (Å²) >= 11 is 0. The van der Waals surface area contributed by atoms with E-state index in [2.05, 4.69) is 4.98 Å². The Labute approximate surface area is 179 Å². The lowest BCUT2D eigenvalue weighted by molar-refractivity contribution is -0.121. The van der Waals surface area contributed by atoms with E-state index in [-0.39, 0.29) is 31.1 Å². The second-order valence-corrected chi connectivity index (χ2v) is 9.47. The maximum atomic E-state index is 13.5. The number of amides is 1. The number of sulfonamides is 1. The number of aromatic amines is 1. The first-order chi connectivity index (χ1) is 14.6. The Kier molecular flexibility index (Phi) is 6.70. The Balaban J connectivity index is 2.11. The summed E-state index contributed by atoms with van der Waals surface area (Å²) in [7, 11) is -3.63. The number of unbranched alkanes of at least 4 members (excludes halogenated alkanes) is 1. The number of H-pyrrole nitrogens is 1. The number of nitrogens with two attached hydrogens (primary N) is 1. The summed E-state index contributed by atoms with van der Waals surface area (Å²) in [4.78, 5) is 41.9. The van der Waals surface area contributed by atoms with Gasteiger partial charge in [0.1, 0.15) is 17.6 Å². The Morgan fingerprint density at radius 2 is 2.13 bits per heavy atom. The molecule has 0 aliphatic carbocycles. The Morgan fingerprint density at radius 3 is 2.74 bits per heavy atom. The van der Waals surface area contributed by atoms with Gasteiger partial charge in [-0.2, -0.15) is 4.31 Å². The van der Waals surface area contributed by atoms with Gasteiger partial charge in [-0.15, -0.1) is 0 Å². The number of aromatic nitrogens is 2. The van der Waals surface area contributed by atoms with Crippen LogP contribution in [0.3, 0.4) is 0 Å². The molecular formula is C19H27N5O6S. The highest BCUT2D eigenvalue weighted by Gasteiger charge is 2.40. The summed E-state index contributed by atoms with van der Waals surface area (Å²) in [5, 5.41) is 0. The average Bonchev–Trinajstić information content (AvgIpc) is 3.38. The van der Waals surface area contributed by atoms with Crippen molar-refractivity contribution in [2.24, 2.45) is 0 Å². The number of carbonyl (C=O) groups excluding carboxylic acids is 1. The molecular weight excluding hydrogens is 426 g/mol. The van der Waals surface area contributed by atoms with Gasteiger partial charge in [0.05, 0.1) is 19.1 Å². The molecule has 1 aliphatic rings. The fourth-order valence-corrected chi connectivity index (χ4v) is 4.88. The van der Waals surface area contributed by atoms with Crippen LogP contribution in [0.2, 0.25) is 0 Å². The number of nitrogens with one attached hydrogen (secondary N) is 1. The van der Waals surface area contributed by atoms with Gasteiger partial charge < -0.3 is 10.2 Å². The van der Waals surface area contributed by atoms with Gasteiger partial charge in [0.15, 0.2) is 5.69 Å².